The summed E-state index contributed by atoms with van der Waals surface area (Å²) in [5, 5.41) is 2.47. The van der Waals surface area contributed by atoms with Gasteiger partial charge in [0.25, 0.3) is 11.8 Å². The number of ether oxygens (including phenoxy) is 4. The number of hydrogen-bond acceptors (Lipinski definition) is 7. The van der Waals surface area contributed by atoms with Gasteiger partial charge in [-0.05, 0) is 39.0 Å². The number of rotatable bonds is 7. The van der Waals surface area contributed by atoms with Gasteiger partial charge in [0, 0.05) is 18.7 Å². The summed E-state index contributed by atoms with van der Waals surface area (Å²) in [4.78, 5) is 38.4. The molecule has 0 aromatic heterocycles. The molecule has 29 heavy (non-hydrogen) atoms. The Hall–Kier alpha value is -2.81. The van der Waals surface area contributed by atoms with Crippen molar-refractivity contribution in [3.63, 3.8) is 0 Å². The van der Waals surface area contributed by atoms with E-state index in [1.54, 1.807) is 17.0 Å². The van der Waals surface area contributed by atoms with Crippen molar-refractivity contribution in [2.75, 3.05) is 33.9 Å². The first-order valence-corrected chi connectivity index (χ1v) is 9.39. The van der Waals surface area contributed by atoms with E-state index < -0.39 is 18.0 Å². The predicted molar refractivity (Wildman–Crippen MR) is 104 cm³/mol. The second-order valence-electron chi connectivity index (χ2n) is 6.89. The van der Waals surface area contributed by atoms with Crippen molar-refractivity contribution in [1.29, 1.82) is 0 Å². The van der Waals surface area contributed by atoms with Crippen LogP contribution >= 0.6 is 0 Å². The molecule has 3 unspecified atom stereocenters. The summed E-state index contributed by atoms with van der Waals surface area (Å²) >= 11 is 0. The molecule has 9 nitrogen and oxygen atoms in total. The summed E-state index contributed by atoms with van der Waals surface area (Å²) in [6.45, 7) is 5.82. The molecule has 0 radical (unpaired) electrons. The summed E-state index contributed by atoms with van der Waals surface area (Å²) in [6, 6.07) is 4.65. The van der Waals surface area contributed by atoms with Crippen molar-refractivity contribution in [3.8, 4) is 11.5 Å². The lowest BCUT2D eigenvalue weighted by Crippen LogP contribution is -2.51. The van der Waals surface area contributed by atoms with Crippen LogP contribution < -0.4 is 14.8 Å². The molecule has 1 N–H and O–H groups in total. The van der Waals surface area contributed by atoms with E-state index in [0.717, 1.165) is 0 Å². The Balaban J connectivity index is 1.85. The van der Waals surface area contributed by atoms with E-state index in [9.17, 15) is 14.4 Å². The molecule has 0 saturated carbocycles. The number of nitrogens with one attached hydrogen (secondary N) is 1. The standard InChI is InChI=1S/C20H28N2O7/c1-12-10-22(11-13(2)28-12)20(25)14(3)29-18(23)9-21-19(24)15-6-7-16(26-4)17(8-15)27-5/h6-8,12-14H,9-11H2,1-5H3,(H,21,24). The molecular weight excluding hydrogens is 380 g/mol. The molecule has 1 fully saturated rings. The molecule has 0 bridgehead atoms. The second kappa shape index (κ2) is 10.1. The summed E-state index contributed by atoms with van der Waals surface area (Å²) < 4.78 is 21.1. The second-order valence-corrected chi connectivity index (χ2v) is 6.89. The number of nitrogens with zero attached hydrogens (tertiary/aromatic N) is 1. The molecule has 9 heteroatoms. The minimum absolute atomic E-state index is 0.0774. The molecule has 1 aromatic carbocycles. The van der Waals surface area contributed by atoms with Crippen LogP contribution in [0.4, 0.5) is 0 Å². The number of hydrogen-bond donors (Lipinski definition) is 1. The van der Waals surface area contributed by atoms with Gasteiger partial charge in [-0.1, -0.05) is 0 Å². The van der Waals surface area contributed by atoms with Crippen molar-refractivity contribution in [2.24, 2.45) is 0 Å². The Bertz CT molecular complexity index is 742. The SMILES string of the molecule is COc1ccc(C(=O)NCC(=O)OC(C)C(=O)N2CC(C)OC(C)C2)cc1OC. The Labute approximate surface area is 170 Å². The minimum Gasteiger partial charge on any atom is -0.493 e. The van der Waals surface area contributed by atoms with Crippen LogP contribution in [0.5, 0.6) is 11.5 Å². The first kappa shape index (κ1) is 22.5. The van der Waals surface area contributed by atoms with Gasteiger partial charge in [-0.3, -0.25) is 14.4 Å². The summed E-state index contributed by atoms with van der Waals surface area (Å²) in [7, 11) is 2.96. The van der Waals surface area contributed by atoms with Crippen LogP contribution in [0.3, 0.4) is 0 Å². The van der Waals surface area contributed by atoms with Crippen molar-refractivity contribution in [1.82, 2.24) is 10.2 Å². The topological polar surface area (TPSA) is 103 Å². The number of esters is 1. The largest absolute Gasteiger partial charge is 0.493 e. The maximum Gasteiger partial charge on any atom is 0.326 e. The third-order valence-electron chi connectivity index (χ3n) is 4.43. The first-order chi connectivity index (χ1) is 13.7. The van der Waals surface area contributed by atoms with Crippen molar-refractivity contribution < 1.29 is 33.3 Å². The summed E-state index contributed by atoms with van der Waals surface area (Å²) in [5.74, 6) is -0.572. The highest BCUT2D eigenvalue weighted by Crippen LogP contribution is 2.27. The van der Waals surface area contributed by atoms with Crippen LogP contribution in [0.15, 0.2) is 18.2 Å². The molecule has 1 aliphatic rings. The Morgan fingerprint density at radius 1 is 1.14 bits per heavy atom. The van der Waals surface area contributed by atoms with Crippen LogP contribution in [0.1, 0.15) is 31.1 Å². The number of methoxy groups -OCH3 is 2. The molecule has 3 atom stereocenters. The van der Waals surface area contributed by atoms with Gasteiger partial charge in [0.1, 0.15) is 6.54 Å². The normalized spacial score (nSPS) is 19.8. The molecule has 0 aliphatic carbocycles. The van der Waals surface area contributed by atoms with E-state index >= 15 is 0 Å². The molecule has 160 valence electrons. The number of carbonyl (C=O) groups is 3. The number of carbonyl (C=O) groups excluding carboxylic acids is 3. The molecule has 1 aromatic rings. The lowest BCUT2D eigenvalue weighted by Gasteiger charge is -2.36. The van der Waals surface area contributed by atoms with Gasteiger partial charge in [-0.2, -0.15) is 0 Å². The fourth-order valence-electron chi connectivity index (χ4n) is 3.14. The van der Waals surface area contributed by atoms with Gasteiger partial charge >= 0.3 is 5.97 Å². The molecule has 1 aliphatic heterocycles. The quantitative estimate of drug-likeness (QED) is 0.672. The summed E-state index contributed by atoms with van der Waals surface area (Å²) in [6.07, 6.45) is -1.10. The van der Waals surface area contributed by atoms with E-state index in [2.05, 4.69) is 5.32 Å². The van der Waals surface area contributed by atoms with Gasteiger partial charge in [-0.15, -0.1) is 0 Å². The van der Waals surface area contributed by atoms with Crippen LogP contribution in [0, 0.1) is 0 Å². The Morgan fingerprint density at radius 2 is 1.76 bits per heavy atom. The van der Waals surface area contributed by atoms with Crippen LogP contribution in [-0.2, 0) is 19.1 Å². The monoisotopic (exact) mass is 408 g/mol. The third-order valence-corrected chi connectivity index (χ3v) is 4.43. The summed E-state index contributed by atoms with van der Waals surface area (Å²) in [5.41, 5.74) is 0.302. The smallest absolute Gasteiger partial charge is 0.326 e. The zero-order valence-corrected chi connectivity index (χ0v) is 17.4. The fourth-order valence-corrected chi connectivity index (χ4v) is 3.14. The van der Waals surface area contributed by atoms with E-state index in [1.807, 2.05) is 13.8 Å². The predicted octanol–water partition coefficient (Wildman–Crippen LogP) is 1.00. The lowest BCUT2D eigenvalue weighted by molar-refractivity contribution is -0.163. The van der Waals surface area contributed by atoms with Crippen LogP contribution in [0.2, 0.25) is 0 Å². The van der Waals surface area contributed by atoms with E-state index in [4.69, 9.17) is 18.9 Å². The van der Waals surface area contributed by atoms with E-state index in [1.165, 1.54) is 27.2 Å². The Kier molecular flexibility index (Phi) is 7.83. The third kappa shape index (κ3) is 6.08. The molecular formula is C20H28N2O7. The Morgan fingerprint density at radius 3 is 2.34 bits per heavy atom. The van der Waals surface area contributed by atoms with Crippen molar-refractivity contribution >= 4 is 17.8 Å². The molecule has 2 rings (SSSR count). The molecule has 1 heterocycles. The van der Waals surface area contributed by atoms with Crippen molar-refractivity contribution in [3.05, 3.63) is 23.8 Å². The van der Waals surface area contributed by atoms with Crippen LogP contribution in [0.25, 0.3) is 0 Å². The van der Waals surface area contributed by atoms with Gasteiger partial charge in [0.2, 0.25) is 0 Å². The highest BCUT2D eigenvalue weighted by Gasteiger charge is 2.30. The lowest BCUT2D eigenvalue weighted by atomic mass is 10.2. The molecule has 2 amide bonds. The number of amides is 2. The number of benzene rings is 1. The zero-order chi connectivity index (χ0) is 21.6. The van der Waals surface area contributed by atoms with Gasteiger partial charge in [0.05, 0.1) is 26.4 Å². The first-order valence-electron chi connectivity index (χ1n) is 9.39. The van der Waals surface area contributed by atoms with Crippen LogP contribution in [-0.4, -0.2) is 74.8 Å². The van der Waals surface area contributed by atoms with Gasteiger partial charge in [0.15, 0.2) is 17.6 Å². The van der Waals surface area contributed by atoms with Gasteiger partial charge < -0.3 is 29.2 Å². The molecule has 1 saturated heterocycles. The highest BCUT2D eigenvalue weighted by atomic mass is 16.5. The van der Waals surface area contributed by atoms with Crippen molar-refractivity contribution in [2.45, 2.75) is 39.1 Å². The zero-order valence-electron chi connectivity index (χ0n) is 17.4. The van der Waals surface area contributed by atoms with Gasteiger partial charge in [-0.25, -0.2) is 0 Å². The fraction of sp³-hybridized carbons (Fsp3) is 0.550. The number of morpholine rings is 1. The van der Waals surface area contributed by atoms with E-state index in [-0.39, 0.29) is 24.7 Å². The average Bonchev–Trinajstić information content (AvgIpc) is 2.69. The molecule has 0 spiro atoms. The highest BCUT2D eigenvalue weighted by molar-refractivity contribution is 5.96. The maximum atomic E-state index is 12.5. The van der Waals surface area contributed by atoms with E-state index in [0.29, 0.717) is 30.2 Å². The minimum atomic E-state index is -0.946. The maximum absolute atomic E-state index is 12.5. The average molecular weight is 408 g/mol.